The molecule has 1 heterocycles. The van der Waals surface area contributed by atoms with Crippen molar-refractivity contribution in [2.75, 3.05) is 38.2 Å². The number of amides is 2. The summed E-state index contributed by atoms with van der Waals surface area (Å²) in [7, 11) is 1.80. The summed E-state index contributed by atoms with van der Waals surface area (Å²) in [5.74, 6) is 0.746. The monoisotopic (exact) mass is 235 g/mol. The van der Waals surface area contributed by atoms with Crippen LogP contribution in [0.15, 0.2) is 24.3 Å². The van der Waals surface area contributed by atoms with Gasteiger partial charge in [-0.2, -0.15) is 0 Å². The van der Waals surface area contributed by atoms with E-state index in [0.29, 0.717) is 13.2 Å². The number of urea groups is 1. The molecular formula is C12H17N3O2. The molecule has 1 aromatic rings. The molecule has 2 rings (SSSR count). The number of carbonyl (C=O) groups is 1. The molecule has 0 atom stereocenters. The molecule has 0 spiro atoms. The molecule has 1 aliphatic heterocycles. The fraction of sp³-hybridized carbons (Fsp3) is 0.417. The minimum absolute atomic E-state index is 0.0287. The minimum Gasteiger partial charge on any atom is -0.492 e. The maximum Gasteiger partial charge on any atom is 0.324 e. The van der Waals surface area contributed by atoms with E-state index in [4.69, 9.17) is 10.5 Å². The van der Waals surface area contributed by atoms with Crippen LogP contribution in [0.4, 0.5) is 10.5 Å². The molecule has 1 saturated heterocycles. The maximum atomic E-state index is 11.8. The fourth-order valence-electron chi connectivity index (χ4n) is 1.80. The summed E-state index contributed by atoms with van der Waals surface area (Å²) >= 11 is 0. The zero-order chi connectivity index (χ0) is 12.3. The molecule has 0 aromatic heterocycles. The van der Waals surface area contributed by atoms with Gasteiger partial charge < -0.3 is 15.4 Å². The number of likely N-dealkylation sites (N-methyl/N-ethyl adjacent to an activating group) is 1. The molecule has 2 N–H and O–H groups in total. The van der Waals surface area contributed by atoms with E-state index >= 15 is 0 Å². The summed E-state index contributed by atoms with van der Waals surface area (Å²) in [4.78, 5) is 15.3. The summed E-state index contributed by atoms with van der Waals surface area (Å²) < 4.78 is 5.44. The van der Waals surface area contributed by atoms with Crippen LogP contribution in [-0.4, -0.2) is 44.2 Å². The van der Waals surface area contributed by atoms with Gasteiger partial charge in [-0.3, -0.25) is 4.90 Å². The summed E-state index contributed by atoms with van der Waals surface area (Å²) in [5.41, 5.74) is 6.25. The zero-order valence-corrected chi connectivity index (χ0v) is 9.93. The van der Waals surface area contributed by atoms with E-state index in [1.54, 1.807) is 16.8 Å². The van der Waals surface area contributed by atoms with E-state index in [9.17, 15) is 4.79 Å². The molecule has 0 bridgehead atoms. The standard InChI is InChI=1S/C12H17N3O2/c1-14-6-7-15(12(14)16)10-3-2-4-11(9-10)17-8-5-13/h2-4,9H,5-8,13H2,1H3. The van der Waals surface area contributed by atoms with Crippen LogP contribution in [0.25, 0.3) is 0 Å². The smallest absolute Gasteiger partial charge is 0.324 e. The highest BCUT2D eigenvalue weighted by Gasteiger charge is 2.26. The highest BCUT2D eigenvalue weighted by Crippen LogP contribution is 2.24. The molecule has 5 heteroatoms. The van der Waals surface area contributed by atoms with E-state index in [1.165, 1.54) is 0 Å². The number of nitrogens with two attached hydrogens (primary N) is 1. The van der Waals surface area contributed by atoms with Crippen molar-refractivity contribution in [1.29, 1.82) is 0 Å². The Hall–Kier alpha value is -1.75. The number of hydrogen-bond acceptors (Lipinski definition) is 3. The number of ether oxygens (including phenoxy) is 1. The van der Waals surface area contributed by atoms with Crippen LogP contribution in [0.1, 0.15) is 0 Å². The van der Waals surface area contributed by atoms with Crippen LogP contribution in [0.2, 0.25) is 0 Å². The van der Waals surface area contributed by atoms with Crippen molar-refractivity contribution >= 4 is 11.7 Å². The first kappa shape index (κ1) is 11.7. The van der Waals surface area contributed by atoms with Gasteiger partial charge in [0, 0.05) is 38.4 Å². The SMILES string of the molecule is CN1CCN(c2cccc(OCCN)c2)C1=O. The lowest BCUT2D eigenvalue weighted by molar-refractivity contribution is 0.229. The molecule has 0 aliphatic carbocycles. The second-order valence-electron chi connectivity index (χ2n) is 3.99. The normalized spacial score (nSPS) is 15.5. The third-order valence-corrected chi connectivity index (χ3v) is 2.73. The van der Waals surface area contributed by atoms with E-state index in [0.717, 1.165) is 24.5 Å². The van der Waals surface area contributed by atoms with Crippen molar-refractivity contribution in [3.8, 4) is 5.75 Å². The second kappa shape index (κ2) is 5.05. The predicted molar refractivity (Wildman–Crippen MR) is 66.4 cm³/mol. The van der Waals surface area contributed by atoms with Crippen LogP contribution < -0.4 is 15.4 Å². The summed E-state index contributed by atoms with van der Waals surface area (Å²) in [6.45, 7) is 2.44. The average Bonchev–Trinajstić information content (AvgIpc) is 2.68. The van der Waals surface area contributed by atoms with Gasteiger partial charge in [0.05, 0.1) is 0 Å². The highest BCUT2D eigenvalue weighted by molar-refractivity contribution is 5.94. The quantitative estimate of drug-likeness (QED) is 0.843. The molecule has 2 amide bonds. The maximum absolute atomic E-state index is 11.8. The van der Waals surface area contributed by atoms with Gasteiger partial charge in [0.15, 0.2) is 0 Å². The van der Waals surface area contributed by atoms with Crippen LogP contribution >= 0.6 is 0 Å². The Labute approximate surface area is 101 Å². The Morgan fingerprint density at radius 2 is 2.24 bits per heavy atom. The van der Waals surface area contributed by atoms with Crippen molar-refractivity contribution in [2.24, 2.45) is 5.73 Å². The summed E-state index contributed by atoms with van der Waals surface area (Å²) in [5, 5.41) is 0. The lowest BCUT2D eigenvalue weighted by Crippen LogP contribution is -2.29. The Bertz CT molecular complexity index is 408. The largest absolute Gasteiger partial charge is 0.492 e. The third kappa shape index (κ3) is 2.50. The summed E-state index contributed by atoms with van der Waals surface area (Å²) in [6.07, 6.45) is 0. The first-order valence-electron chi connectivity index (χ1n) is 5.68. The van der Waals surface area contributed by atoms with Crippen LogP contribution in [0.3, 0.4) is 0 Å². The van der Waals surface area contributed by atoms with E-state index in [-0.39, 0.29) is 6.03 Å². The third-order valence-electron chi connectivity index (χ3n) is 2.73. The van der Waals surface area contributed by atoms with Gasteiger partial charge in [-0.25, -0.2) is 4.79 Å². The molecule has 17 heavy (non-hydrogen) atoms. The molecule has 0 unspecified atom stereocenters. The van der Waals surface area contributed by atoms with Gasteiger partial charge >= 0.3 is 6.03 Å². The van der Waals surface area contributed by atoms with Gasteiger partial charge in [-0.05, 0) is 12.1 Å². The highest BCUT2D eigenvalue weighted by atomic mass is 16.5. The van der Waals surface area contributed by atoms with Gasteiger partial charge in [0.2, 0.25) is 0 Å². The van der Waals surface area contributed by atoms with Gasteiger partial charge in [-0.15, -0.1) is 0 Å². The lowest BCUT2D eigenvalue weighted by atomic mass is 10.3. The second-order valence-corrected chi connectivity index (χ2v) is 3.99. The van der Waals surface area contributed by atoms with Crippen molar-refractivity contribution < 1.29 is 9.53 Å². The van der Waals surface area contributed by atoms with Gasteiger partial charge in [0.25, 0.3) is 0 Å². The van der Waals surface area contributed by atoms with E-state index in [1.807, 2.05) is 24.3 Å². The first-order chi connectivity index (χ1) is 8.22. The Morgan fingerprint density at radius 3 is 2.88 bits per heavy atom. The molecule has 5 nitrogen and oxygen atoms in total. The van der Waals surface area contributed by atoms with Crippen molar-refractivity contribution in [3.05, 3.63) is 24.3 Å². The molecule has 92 valence electrons. The number of anilines is 1. The van der Waals surface area contributed by atoms with E-state index in [2.05, 4.69) is 0 Å². The van der Waals surface area contributed by atoms with Crippen molar-refractivity contribution in [2.45, 2.75) is 0 Å². The Kier molecular flexibility index (Phi) is 3.49. The van der Waals surface area contributed by atoms with Crippen LogP contribution in [0.5, 0.6) is 5.75 Å². The predicted octanol–water partition coefficient (Wildman–Crippen LogP) is 0.896. The Morgan fingerprint density at radius 1 is 1.41 bits per heavy atom. The van der Waals surface area contributed by atoms with Gasteiger partial charge in [-0.1, -0.05) is 6.07 Å². The number of nitrogens with zero attached hydrogens (tertiary/aromatic N) is 2. The first-order valence-corrected chi connectivity index (χ1v) is 5.68. The van der Waals surface area contributed by atoms with Crippen molar-refractivity contribution in [3.63, 3.8) is 0 Å². The molecule has 0 radical (unpaired) electrons. The van der Waals surface area contributed by atoms with Crippen LogP contribution in [0, 0.1) is 0 Å². The average molecular weight is 235 g/mol. The number of carbonyl (C=O) groups excluding carboxylic acids is 1. The molecule has 0 saturated carbocycles. The molecule has 1 aliphatic rings. The zero-order valence-electron chi connectivity index (χ0n) is 9.93. The lowest BCUT2D eigenvalue weighted by Gasteiger charge is -2.17. The minimum atomic E-state index is 0.0287. The topological polar surface area (TPSA) is 58.8 Å². The number of rotatable bonds is 4. The molecule has 1 fully saturated rings. The number of hydrogen-bond donors (Lipinski definition) is 1. The summed E-state index contributed by atoms with van der Waals surface area (Å²) in [6, 6.07) is 7.55. The molecule has 1 aromatic carbocycles. The van der Waals surface area contributed by atoms with Gasteiger partial charge in [0.1, 0.15) is 12.4 Å². The van der Waals surface area contributed by atoms with Crippen molar-refractivity contribution in [1.82, 2.24) is 4.90 Å². The molecular weight excluding hydrogens is 218 g/mol. The van der Waals surface area contributed by atoms with E-state index < -0.39 is 0 Å². The number of benzene rings is 1. The Balaban J connectivity index is 2.13. The fourth-order valence-corrected chi connectivity index (χ4v) is 1.80. The van der Waals surface area contributed by atoms with Crippen LogP contribution in [-0.2, 0) is 0 Å².